The van der Waals surface area contributed by atoms with Gasteiger partial charge in [-0.2, -0.15) is 0 Å². The van der Waals surface area contributed by atoms with Gasteiger partial charge in [-0.3, -0.25) is 0 Å². The molecule has 0 spiro atoms. The maximum absolute atomic E-state index is 13.3. The van der Waals surface area contributed by atoms with Gasteiger partial charge in [0.05, 0.1) is 24.1 Å². The van der Waals surface area contributed by atoms with Gasteiger partial charge < -0.3 is 39.5 Å². The smallest absolute Gasteiger partial charge is 0.186 e. The number of hydrogen-bond donors (Lipinski definition) is 3. The van der Waals surface area contributed by atoms with Gasteiger partial charge in [0, 0.05) is 10.8 Å². The van der Waals surface area contributed by atoms with E-state index in [9.17, 15) is 30.0 Å². The number of allylic oxidation sites excluding steroid dienone is 1. The molecule has 0 radical (unpaired) electrons. The number of rotatable bonds is 6. The van der Waals surface area contributed by atoms with Crippen molar-refractivity contribution >= 4 is 12.3 Å². The molecule has 1 heterocycles. The molecule has 1 saturated heterocycles. The van der Waals surface area contributed by atoms with Gasteiger partial charge in [-0.05, 0) is 55.8 Å². The van der Waals surface area contributed by atoms with E-state index in [0.717, 1.165) is 24.7 Å². The van der Waals surface area contributed by atoms with Crippen LogP contribution in [0.15, 0.2) is 11.6 Å². The third-order valence-electron chi connectivity index (χ3n) is 10.4. The Kier molecular flexibility index (Phi) is 5.62. The van der Waals surface area contributed by atoms with E-state index in [1.54, 1.807) is 6.92 Å². The maximum atomic E-state index is 13.3. The van der Waals surface area contributed by atoms with Crippen LogP contribution in [-0.4, -0.2) is 64.9 Å². The van der Waals surface area contributed by atoms with E-state index >= 15 is 0 Å². The number of aliphatic carboxylic acids is 1. The molecule has 12 atom stereocenters. The predicted octanol–water partition coefficient (Wildman–Crippen LogP) is 0.420. The van der Waals surface area contributed by atoms with Crippen LogP contribution in [-0.2, 0) is 19.1 Å². The van der Waals surface area contributed by atoms with Gasteiger partial charge >= 0.3 is 0 Å². The zero-order valence-electron chi connectivity index (χ0n) is 20.3. The standard InChI is InChI=1S/C26H38O8/c1-12(2)18-7-15-8-24(10-27)17-6-5-13(3)16(17)9-25(15,26(18,24)23(31)32)11-33-22-21(30)20(29)19(28)14(4)34-22/h7,10,12-17,19-22,28-30H,5-6,8-9,11H2,1-4H3,(H,31,32)/p-1/t13-,14-,15+,16-,17-,19-,20-,21+,22-,24+,25+,26+/m1/s1. The fourth-order valence-corrected chi connectivity index (χ4v) is 8.99. The van der Waals surface area contributed by atoms with E-state index in [4.69, 9.17) is 9.47 Å². The van der Waals surface area contributed by atoms with E-state index in [-0.39, 0.29) is 30.3 Å². The molecule has 4 aliphatic carbocycles. The number of fused-ring (bicyclic) bond motifs is 2. The number of carboxylic acids is 1. The first-order valence-electron chi connectivity index (χ1n) is 12.7. The molecule has 0 unspecified atom stereocenters. The van der Waals surface area contributed by atoms with Gasteiger partial charge in [-0.25, -0.2) is 0 Å². The number of aldehydes is 1. The van der Waals surface area contributed by atoms with E-state index in [1.165, 1.54) is 0 Å². The molecule has 190 valence electrons. The van der Waals surface area contributed by atoms with Gasteiger partial charge in [-0.1, -0.05) is 38.8 Å². The van der Waals surface area contributed by atoms with Gasteiger partial charge in [0.25, 0.3) is 0 Å². The summed E-state index contributed by atoms with van der Waals surface area (Å²) in [5.74, 6) is -0.890. The lowest BCUT2D eigenvalue weighted by atomic mass is 9.43. The molecule has 3 N–H and O–H groups in total. The molecule has 4 fully saturated rings. The molecule has 5 aliphatic rings. The number of ether oxygens (including phenoxy) is 2. The lowest BCUT2D eigenvalue weighted by Gasteiger charge is -2.61. The monoisotopic (exact) mass is 477 g/mol. The number of carboxylic acid groups (broad SMARTS) is 1. The van der Waals surface area contributed by atoms with Crippen molar-refractivity contribution in [1.29, 1.82) is 0 Å². The molecule has 0 aromatic carbocycles. The normalized spacial score (nSPS) is 53.6. The molecular formula is C26H37O8-. The summed E-state index contributed by atoms with van der Waals surface area (Å²) in [4.78, 5) is 26.3. The molecule has 34 heavy (non-hydrogen) atoms. The van der Waals surface area contributed by atoms with Crippen molar-refractivity contribution in [1.82, 2.24) is 0 Å². The van der Waals surface area contributed by atoms with Crippen molar-refractivity contribution in [2.24, 2.45) is 45.8 Å². The van der Waals surface area contributed by atoms with Crippen molar-refractivity contribution in [2.75, 3.05) is 6.61 Å². The van der Waals surface area contributed by atoms with Crippen molar-refractivity contribution in [3.63, 3.8) is 0 Å². The highest BCUT2D eigenvalue weighted by Crippen LogP contribution is 2.82. The summed E-state index contributed by atoms with van der Waals surface area (Å²) in [6.45, 7) is 7.64. The SMILES string of the molecule is CC(C)C1=C[C@H]2C[C@]3(C=O)[C@@H]4CC[C@@H](C)[C@H]4C[C@@]2(CO[C@@H]2O[C@H](C)[C@@H](O)[C@@H](O)[C@@H]2O)[C@]13C(=O)[O-]. The highest BCUT2D eigenvalue weighted by atomic mass is 16.7. The summed E-state index contributed by atoms with van der Waals surface area (Å²) in [7, 11) is 0. The third-order valence-corrected chi connectivity index (χ3v) is 10.4. The zero-order chi connectivity index (χ0) is 24.8. The van der Waals surface area contributed by atoms with Crippen LogP contribution in [0.2, 0.25) is 0 Å². The second-order valence-electron chi connectivity index (χ2n) is 12.0. The minimum absolute atomic E-state index is 0.00742. The number of hydrogen-bond acceptors (Lipinski definition) is 8. The number of aliphatic hydroxyl groups excluding tert-OH is 3. The predicted molar refractivity (Wildman–Crippen MR) is 118 cm³/mol. The van der Waals surface area contributed by atoms with E-state index in [0.29, 0.717) is 18.8 Å². The summed E-state index contributed by atoms with van der Waals surface area (Å²) in [5, 5.41) is 44.1. The lowest BCUT2D eigenvalue weighted by molar-refractivity contribution is -0.338. The van der Waals surface area contributed by atoms with E-state index in [1.807, 2.05) is 13.8 Å². The Balaban J connectivity index is 1.59. The molecule has 0 aromatic heterocycles. The summed E-state index contributed by atoms with van der Waals surface area (Å²) in [6.07, 6.45) is -0.310. The van der Waals surface area contributed by atoms with Gasteiger partial charge in [0.2, 0.25) is 0 Å². The fraction of sp³-hybridized carbons (Fsp3) is 0.846. The van der Waals surface area contributed by atoms with Crippen molar-refractivity contribution in [3.05, 3.63) is 11.6 Å². The largest absolute Gasteiger partial charge is 0.549 e. The first-order valence-corrected chi connectivity index (χ1v) is 12.7. The van der Waals surface area contributed by atoms with Crippen LogP contribution in [0.5, 0.6) is 0 Å². The topological polar surface area (TPSA) is 136 Å². The Hall–Kier alpha value is -1.32. The summed E-state index contributed by atoms with van der Waals surface area (Å²) >= 11 is 0. The second-order valence-corrected chi connectivity index (χ2v) is 12.0. The zero-order valence-corrected chi connectivity index (χ0v) is 20.3. The van der Waals surface area contributed by atoms with Crippen molar-refractivity contribution in [3.8, 4) is 0 Å². The first-order chi connectivity index (χ1) is 16.0. The Labute approximate surface area is 200 Å². The summed E-state index contributed by atoms with van der Waals surface area (Å²) < 4.78 is 11.8. The van der Waals surface area contributed by atoms with Gasteiger partial charge in [-0.15, -0.1) is 0 Å². The Morgan fingerprint density at radius 2 is 1.91 bits per heavy atom. The van der Waals surface area contributed by atoms with E-state index < -0.39 is 52.9 Å². The Bertz CT molecular complexity index is 901. The number of aliphatic hydroxyl groups is 3. The molecule has 8 nitrogen and oxygen atoms in total. The van der Waals surface area contributed by atoms with Crippen LogP contribution in [0, 0.1) is 45.8 Å². The molecule has 0 amide bonds. The van der Waals surface area contributed by atoms with E-state index in [2.05, 4.69) is 13.0 Å². The molecular weight excluding hydrogens is 440 g/mol. The highest BCUT2D eigenvalue weighted by molar-refractivity contribution is 5.89. The maximum Gasteiger partial charge on any atom is 0.186 e. The van der Waals surface area contributed by atoms with Crippen LogP contribution in [0.4, 0.5) is 0 Å². The minimum atomic E-state index is -1.48. The van der Waals surface area contributed by atoms with Crippen molar-refractivity contribution < 1.29 is 39.5 Å². The second kappa shape index (κ2) is 7.84. The van der Waals surface area contributed by atoms with Crippen LogP contribution >= 0.6 is 0 Å². The molecule has 8 heteroatoms. The molecule has 3 saturated carbocycles. The first kappa shape index (κ1) is 24.4. The summed E-state index contributed by atoms with van der Waals surface area (Å²) in [6, 6.07) is 0. The number of carbonyl (C=O) groups is 2. The quantitative estimate of drug-likeness (QED) is 0.370. The van der Waals surface area contributed by atoms with Gasteiger partial charge in [0.15, 0.2) is 6.29 Å². The summed E-state index contributed by atoms with van der Waals surface area (Å²) in [5.41, 5.74) is -2.67. The Morgan fingerprint density at radius 1 is 1.21 bits per heavy atom. The molecule has 4 bridgehead atoms. The highest BCUT2D eigenvalue weighted by Gasteiger charge is 2.81. The minimum Gasteiger partial charge on any atom is -0.549 e. The van der Waals surface area contributed by atoms with Crippen LogP contribution in [0.1, 0.15) is 53.4 Å². The molecule has 5 rings (SSSR count). The lowest BCUT2D eigenvalue weighted by Crippen LogP contribution is -2.67. The van der Waals surface area contributed by atoms with Crippen LogP contribution < -0.4 is 5.11 Å². The average molecular weight is 478 g/mol. The molecule has 1 aliphatic heterocycles. The average Bonchev–Trinajstić information content (AvgIpc) is 3.36. The fourth-order valence-electron chi connectivity index (χ4n) is 8.99. The van der Waals surface area contributed by atoms with Crippen LogP contribution in [0.3, 0.4) is 0 Å². The van der Waals surface area contributed by atoms with Crippen molar-refractivity contribution in [2.45, 2.75) is 84.1 Å². The third kappa shape index (κ3) is 2.67. The Morgan fingerprint density at radius 3 is 2.53 bits per heavy atom. The molecule has 0 aromatic rings. The van der Waals surface area contributed by atoms with Gasteiger partial charge in [0.1, 0.15) is 24.6 Å². The van der Waals surface area contributed by atoms with Crippen LogP contribution in [0.25, 0.3) is 0 Å². The number of carbonyl (C=O) groups excluding carboxylic acids is 2.